The summed E-state index contributed by atoms with van der Waals surface area (Å²) in [5, 5.41) is 6.76. The van der Waals surface area contributed by atoms with Gasteiger partial charge in [-0.3, -0.25) is 9.89 Å². The van der Waals surface area contributed by atoms with Crippen LogP contribution in [0, 0.1) is 0 Å². The van der Waals surface area contributed by atoms with Crippen molar-refractivity contribution < 1.29 is 14.3 Å². The van der Waals surface area contributed by atoms with E-state index in [4.69, 9.17) is 4.74 Å². The molecule has 128 valence electrons. The standard InChI is InChI=1S/C17H27N3O3/c1-3-8-13-11-15(19-18-13)17(22)23-12-16(21)20(4-2)14-9-6-5-7-10-14/h11,14H,3-10,12H2,1-2H3,(H,18,19). The maximum Gasteiger partial charge on any atom is 0.359 e. The van der Waals surface area contributed by atoms with Crippen molar-refractivity contribution in [3.05, 3.63) is 17.5 Å². The van der Waals surface area contributed by atoms with Gasteiger partial charge in [-0.1, -0.05) is 32.6 Å². The number of aryl methyl sites for hydroxylation is 1. The van der Waals surface area contributed by atoms with E-state index in [2.05, 4.69) is 17.1 Å². The minimum Gasteiger partial charge on any atom is -0.451 e. The quantitative estimate of drug-likeness (QED) is 0.784. The molecule has 2 rings (SSSR count). The molecule has 0 spiro atoms. The van der Waals surface area contributed by atoms with E-state index in [0.717, 1.165) is 31.4 Å². The Morgan fingerprint density at radius 1 is 1.30 bits per heavy atom. The van der Waals surface area contributed by atoms with Crippen molar-refractivity contribution in [2.45, 2.75) is 64.8 Å². The Hall–Kier alpha value is -1.85. The number of aromatic amines is 1. The third kappa shape index (κ3) is 4.81. The molecule has 0 aromatic carbocycles. The van der Waals surface area contributed by atoms with Crippen molar-refractivity contribution in [2.24, 2.45) is 0 Å². The molecule has 1 fully saturated rings. The van der Waals surface area contributed by atoms with Crippen molar-refractivity contribution in [1.29, 1.82) is 0 Å². The zero-order chi connectivity index (χ0) is 16.7. The van der Waals surface area contributed by atoms with Gasteiger partial charge in [-0.2, -0.15) is 5.10 Å². The Morgan fingerprint density at radius 2 is 2.04 bits per heavy atom. The normalized spacial score (nSPS) is 15.4. The molecule has 1 aromatic heterocycles. The molecular formula is C17H27N3O3. The van der Waals surface area contributed by atoms with Gasteiger partial charge in [0.05, 0.1) is 0 Å². The first-order chi connectivity index (χ1) is 11.2. The molecular weight excluding hydrogens is 294 g/mol. The molecule has 1 aliphatic rings. The lowest BCUT2D eigenvalue weighted by Gasteiger charge is -2.33. The lowest BCUT2D eigenvalue weighted by molar-refractivity contribution is -0.137. The van der Waals surface area contributed by atoms with Gasteiger partial charge in [0, 0.05) is 18.3 Å². The Kier molecular flexibility index (Phi) is 6.62. The van der Waals surface area contributed by atoms with Crippen molar-refractivity contribution in [2.75, 3.05) is 13.2 Å². The van der Waals surface area contributed by atoms with E-state index in [0.29, 0.717) is 12.6 Å². The predicted octanol–water partition coefficient (Wildman–Crippen LogP) is 2.70. The van der Waals surface area contributed by atoms with Crippen LogP contribution in [0.1, 0.15) is 68.6 Å². The highest BCUT2D eigenvalue weighted by Gasteiger charge is 2.25. The second kappa shape index (κ2) is 8.70. The van der Waals surface area contributed by atoms with Gasteiger partial charge in [0.1, 0.15) is 0 Å². The molecule has 6 nitrogen and oxygen atoms in total. The SMILES string of the molecule is CCCc1cc(C(=O)OCC(=O)N(CC)C2CCCCC2)n[nH]1. The second-order valence-corrected chi connectivity index (χ2v) is 6.08. The average molecular weight is 321 g/mol. The van der Waals surface area contributed by atoms with Gasteiger partial charge in [-0.15, -0.1) is 0 Å². The summed E-state index contributed by atoms with van der Waals surface area (Å²) in [6, 6.07) is 1.98. The molecule has 0 aliphatic heterocycles. The smallest absolute Gasteiger partial charge is 0.359 e. The van der Waals surface area contributed by atoms with E-state index in [1.54, 1.807) is 6.07 Å². The van der Waals surface area contributed by atoms with Crippen molar-refractivity contribution >= 4 is 11.9 Å². The molecule has 0 unspecified atom stereocenters. The fourth-order valence-corrected chi connectivity index (χ4v) is 3.18. The van der Waals surface area contributed by atoms with Crippen LogP contribution in [0.2, 0.25) is 0 Å². The first-order valence-corrected chi connectivity index (χ1v) is 8.66. The molecule has 1 heterocycles. The van der Waals surface area contributed by atoms with Gasteiger partial charge >= 0.3 is 5.97 Å². The van der Waals surface area contributed by atoms with Crippen molar-refractivity contribution in [1.82, 2.24) is 15.1 Å². The number of carbonyl (C=O) groups is 2. The number of esters is 1. The highest BCUT2D eigenvalue weighted by Crippen LogP contribution is 2.22. The number of nitrogens with zero attached hydrogens (tertiary/aromatic N) is 2. The third-order valence-corrected chi connectivity index (χ3v) is 4.36. The third-order valence-electron chi connectivity index (χ3n) is 4.36. The van der Waals surface area contributed by atoms with Gasteiger partial charge in [0.2, 0.25) is 0 Å². The monoisotopic (exact) mass is 321 g/mol. The van der Waals surface area contributed by atoms with Gasteiger partial charge in [0.25, 0.3) is 5.91 Å². The van der Waals surface area contributed by atoms with Gasteiger partial charge < -0.3 is 9.64 Å². The van der Waals surface area contributed by atoms with Crippen LogP contribution in [0.4, 0.5) is 0 Å². The number of nitrogens with one attached hydrogen (secondary N) is 1. The van der Waals surface area contributed by atoms with Crippen LogP contribution < -0.4 is 0 Å². The number of ether oxygens (including phenoxy) is 1. The first kappa shape index (κ1) is 17.5. The molecule has 0 bridgehead atoms. The largest absolute Gasteiger partial charge is 0.451 e. The first-order valence-electron chi connectivity index (χ1n) is 8.66. The fourth-order valence-electron chi connectivity index (χ4n) is 3.18. The number of rotatable bonds is 7. The number of hydrogen-bond acceptors (Lipinski definition) is 4. The van der Waals surface area contributed by atoms with Crippen molar-refractivity contribution in [3.63, 3.8) is 0 Å². The summed E-state index contributed by atoms with van der Waals surface area (Å²) in [7, 11) is 0. The molecule has 1 aliphatic carbocycles. The van der Waals surface area contributed by atoms with E-state index < -0.39 is 5.97 Å². The molecule has 1 amide bonds. The van der Waals surface area contributed by atoms with Crippen LogP contribution in [0.3, 0.4) is 0 Å². The summed E-state index contributed by atoms with van der Waals surface area (Å²) in [5.41, 5.74) is 1.14. The number of amides is 1. The number of H-pyrrole nitrogens is 1. The van der Waals surface area contributed by atoms with Crippen molar-refractivity contribution in [3.8, 4) is 0 Å². The summed E-state index contributed by atoms with van der Waals surface area (Å²) in [6.07, 6.45) is 7.49. The predicted molar refractivity (Wildman–Crippen MR) is 87.1 cm³/mol. The minimum absolute atomic E-state index is 0.114. The Morgan fingerprint density at radius 3 is 2.70 bits per heavy atom. The molecule has 0 saturated heterocycles. The highest BCUT2D eigenvalue weighted by atomic mass is 16.5. The maximum absolute atomic E-state index is 12.3. The van der Waals surface area contributed by atoms with Crippen LogP contribution in [-0.4, -0.2) is 46.2 Å². The second-order valence-electron chi connectivity index (χ2n) is 6.08. The molecule has 6 heteroatoms. The fraction of sp³-hybridized carbons (Fsp3) is 0.706. The van der Waals surface area contributed by atoms with Crippen LogP contribution in [0.5, 0.6) is 0 Å². The Balaban J connectivity index is 1.85. The summed E-state index contributed by atoms with van der Waals surface area (Å²) < 4.78 is 5.14. The van der Waals surface area contributed by atoms with E-state index in [1.807, 2.05) is 11.8 Å². The van der Waals surface area contributed by atoms with Gasteiger partial charge in [0.15, 0.2) is 12.3 Å². The molecule has 0 atom stereocenters. The number of aromatic nitrogens is 2. The zero-order valence-electron chi connectivity index (χ0n) is 14.1. The lowest BCUT2D eigenvalue weighted by atomic mass is 9.94. The van der Waals surface area contributed by atoms with E-state index >= 15 is 0 Å². The average Bonchev–Trinajstić information content (AvgIpc) is 3.03. The van der Waals surface area contributed by atoms with Crippen LogP contribution in [0.15, 0.2) is 6.07 Å². The van der Waals surface area contributed by atoms with E-state index in [-0.39, 0.29) is 18.2 Å². The topological polar surface area (TPSA) is 75.3 Å². The zero-order valence-corrected chi connectivity index (χ0v) is 14.1. The Bertz CT molecular complexity index is 521. The molecule has 0 radical (unpaired) electrons. The summed E-state index contributed by atoms with van der Waals surface area (Å²) >= 11 is 0. The maximum atomic E-state index is 12.3. The molecule has 23 heavy (non-hydrogen) atoms. The summed E-state index contributed by atoms with van der Waals surface area (Å²) in [5.74, 6) is -0.659. The minimum atomic E-state index is -0.545. The number of carbonyl (C=O) groups excluding carboxylic acids is 2. The summed E-state index contributed by atoms with van der Waals surface area (Å²) in [4.78, 5) is 26.2. The molecule has 1 N–H and O–H groups in total. The van der Waals surface area contributed by atoms with Crippen LogP contribution in [0.25, 0.3) is 0 Å². The van der Waals surface area contributed by atoms with Gasteiger partial charge in [-0.25, -0.2) is 4.79 Å². The highest BCUT2D eigenvalue weighted by molar-refractivity contribution is 5.89. The number of hydrogen-bond donors (Lipinski definition) is 1. The van der Waals surface area contributed by atoms with Crippen LogP contribution in [-0.2, 0) is 16.0 Å². The van der Waals surface area contributed by atoms with E-state index in [9.17, 15) is 9.59 Å². The summed E-state index contributed by atoms with van der Waals surface area (Å²) in [6.45, 7) is 4.48. The lowest BCUT2D eigenvalue weighted by Crippen LogP contribution is -2.43. The van der Waals surface area contributed by atoms with E-state index in [1.165, 1.54) is 19.3 Å². The number of likely N-dealkylation sites (N-methyl/N-ethyl adjacent to an activating group) is 1. The Labute approximate surface area is 137 Å². The van der Waals surface area contributed by atoms with Crippen LogP contribution >= 0.6 is 0 Å². The molecule has 1 aromatic rings. The van der Waals surface area contributed by atoms with Gasteiger partial charge in [-0.05, 0) is 32.3 Å². The molecule has 1 saturated carbocycles.